The summed E-state index contributed by atoms with van der Waals surface area (Å²) in [6, 6.07) is 0. The van der Waals surface area contributed by atoms with Crippen molar-refractivity contribution >= 4 is 0 Å². The Balaban J connectivity index is 0. The first kappa shape index (κ1) is 40.9. The van der Waals surface area contributed by atoms with E-state index in [9.17, 15) is 0 Å². The molecule has 0 spiro atoms. The molecular weight excluding hydrogens is 492 g/mol. The quantitative estimate of drug-likeness (QED) is 0.0593. The summed E-state index contributed by atoms with van der Waals surface area (Å²) in [5.41, 5.74) is 0. The average molecular weight is 563 g/mol. The van der Waals surface area contributed by atoms with Crippen LogP contribution in [0.1, 0.15) is 155 Å². The minimum Gasteiger partial charge on any atom is -0.396 e. The summed E-state index contributed by atoms with van der Waals surface area (Å²) >= 11 is 0. The van der Waals surface area contributed by atoms with Crippen LogP contribution >= 0.6 is 0 Å². The lowest BCUT2D eigenvalue weighted by molar-refractivity contribution is 0.0450. The molecule has 0 fully saturated rings. The van der Waals surface area contributed by atoms with Gasteiger partial charge < -0.3 is 30.3 Å². The monoisotopic (exact) mass is 563 g/mol. The Morgan fingerprint density at radius 1 is 0.436 bits per heavy atom. The molecule has 0 aliphatic heterocycles. The number of aliphatic hydroxyl groups excluding tert-OH is 5. The van der Waals surface area contributed by atoms with Crippen molar-refractivity contribution in [2.24, 2.45) is 11.8 Å². The van der Waals surface area contributed by atoms with Gasteiger partial charge in [0.05, 0.1) is 13.2 Å². The van der Waals surface area contributed by atoms with Crippen molar-refractivity contribution in [3.63, 3.8) is 0 Å². The molecule has 0 aromatic carbocycles. The average Bonchev–Trinajstić information content (AvgIpc) is 2.97. The summed E-state index contributed by atoms with van der Waals surface area (Å²) in [7, 11) is 0. The molecule has 0 saturated heterocycles. The zero-order valence-corrected chi connectivity index (χ0v) is 26.2. The maximum absolute atomic E-state index is 8.96. The number of aliphatic hydroxyl groups is 5. The highest BCUT2D eigenvalue weighted by Crippen LogP contribution is 2.20. The van der Waals surface area contributed by atoms with E-state index in [0.717, 1.165) is 37.9 Å². The SMILES string of the molecule is CCC(CCCO)CCCCCCCCCOCCCCCCCCCC(CC)CCCO.OCC(O)CO. The van der Waals surface area contributed by atoms with Gasteiger partial charge in [0.1, 0.15) is 6.10 Å². The van der Waals surface area contributed by atoms with Gasteiger partial charge in [-0.15, -0.1) is 0 Å². The highest BCUT2D eigenvalue weighted by atomic mass is 16.5. The molecule has 0 heterocycles. The van der Waals surface area contributed by atoms with Crippen LogP contribution in [-0.2, 0) is 4.74 Å². The largest absolute Gasteiger partial charge is 0.396 e. The molecular formula is C33H70O6. The van der Waals surface area contributed by atoms with Gasteiger partial charge in [0.15, 0.2) is 0 Å². The standard InChI is InChI=1S/C30H62O3.C3H8O3/c1-3-29(23-19-25-31)21-15-11-7-5-9-13-17-27-33-28-18-14-10-6-8-12-16-22-30(4-2)24-20-26-32;4-1-3(6)2-5/h29-32H,3-28H2,1-2H3;3-6H,1-2H2. The van der Waals surface area contributed by atoms with Gasteiger partial charge in [-0.1, -0.05) is 117 Å². The molecule has 2 unspecified atom stereocenters. The number of ether oxygens (including phenoxy) is 1. The second-order valence-corrected chi connectivity index (χ2v) is 11.4. The number of unbranched alkanes of at least 4 members (excludes halogenated alkanes) is 12. The van der Waals surface area contributed by atoms with Crippen molar-refractivity contribution in [1.82, 2.24) is 0 Å². The molecule has 0 bridgehead atoms. The molecule has 0 amide bonds. The highest BCUT2D eigenvalue weighted by molar-refractivity contribution is 4.59. The Labute approximate surface area is 243 Å². The van der Waals surface area contributed by atoms with E-state index in [4.69, 9.17) is 30.3 Å². The van der Waals surface area contributed by atoms with E-state index >= 15 is 0 Å². The Bertz CT molecular complexity index is 387. The van der Waals surface area contributed by atoms with E-state index < -0.39 is 6.10 Å². The summed E-state index contributed by atoms with van der Waals surface area (Å²) in [5.74, 6) is 1.67. The van der Waals surface area contributed by atoms with Crippen LogP contribution in [0.5, 0.6) is 0 Å². The number of rotatable bonds is 30. The third-order valence-corrected chi connectivity index (χ3v) is 7.92. The van der Waals surface area contributed by atoms with Crippen molar-refractivity contribution in [3.05, 3.63) is 0 Å². The van der Waals surface area contributed by atoms with Gasteiger partial charge in [-0.2, -0.15) is 0 Å². The van der Waals surface area contributed by atoms with Crippen LogP contribution in [0, 0.1) is 11.8 Å². The maximum Gasteiger partial charge on any atom is 0.100 e. The lowest BCUT2D eigenvalue weighted by Crippen LogP contribution is -2.15. The van der Waals surface area contributed by atoms with E-state index in [1.807, 2.05) is 0 Å². The molecule has 0 aliphatic carbocycles. The number of hydrogen-bond donors (Lipinski definition) is 5. The molecule has 5 N–H and O–H groups in total. The lowest BCUT2D eigenvalue weighted by atomic mass is 9.93. The molecule has 0 aromatic heterocycles. The molecule has 39 heavy (non-hydrogen) atoms. The molecule has 0 saturated carbocycles. The first-order chi connectivity index (χ1) is 19.1. The van der Waals surface area contributed by atoms with Crippen LogP contribution in [0.15, 0.2) is 0 Å². The Morgan fingerprint density at radius 3 is 1.03 bits per heavy atom. The van der Waals surface area contributed by atoms with Gasteiger partial charge in [0, 0.05) is 26.4 Å². The predicted molar refractivity (Wildman–Crippen MR) is 165 cm³/mol. The van der Waals surface area contributed by atoms with Gasteiger partial charge in [0.2, 0.25) is 0 Å². The van der Waals surface area contributed by atoms with Crippen molar-refractivity contribution in [2.45, 2.75) is 161 Å². The normalized spacial score (nSPS) is 12.9. The van der Waals surface area contributed by atoms with Crippen LogP contribution in [0.2, 0.25) is 0 Å². The van der Waals surface area contributed by atoms with Gasteiger partial charge in [-0.05, 0) is 50.4 Å². The van der Waals surface area contributed by atoms with E-state index in [1.165, 1.54) is 128 Å². The zero-order chi connectivity index (χ0) is 29.2. The smallest absolute Gasteiger partial charge is 0.100 e. The second kappa shape index (κ2) is 35.8. The minimum atomic E-state index is -0.954. The zero-order valence-electron chi connectivity index (χ0n) is 26.2. The first-order valence-electron chi connectivity index (χ1n) is 16.8. The van der Waals surface area contributed by atoms with Crippen LogP contribution in [0.3, 0.4) is 0 Å². The van der Waals surface area contributed by atoms with Crippen LogP contribution in [-0.4, -0.2) is 71.3 Å². The topological polar surface area (TPSA) is 110 Å². The third kappa shape index (κ3) is 33.9. The van der Waals surface area contributed by atoms with E-state index in [2.05, 4.69) is 13.8 Å². The summed E-state index contributed by atoms with van der Waals surface area (Å²) in [6.07, 6.45) is 27.6. The van der Waals surface area contributed by atoms with Gasteiger partial charge >= 0.3 is 0 Å². The molecule has 2 atom stereocenters. The highest BCUT2D eigenvalue weighted by Gasteiger charge is 2.06. The molecule has 0 radical (unpaired) electrons. The summed E-state index contributed by atoms with van der Waals surface area (Å²) in [5, 5.41) is 41.9. The molecule has 0 aliphatic rings. The van der Waals surface area contributed by atoms with E-state index in [0.29, 0.717) is 13.2 Å². The molecule has 0 rings (SSSR count). The Hall–Kier alpha value is -0.240. The van der Waals surface area contributed by atoms with Crippen LogP contribution in [0.25, 0.3) is 0 Å². The van der Waals surface area contributed by atoms with Gasteiger partial charge in [-0.3, -0.25) is 0 Å². The fraction of sp³-hybridized carbons (Fsp3) is 1.00. The fourth-order valence-corrected chi connectivity index (χ4v) is 5.07. The predicted octanol–water partition coefficient (Wildman–Crippen LogP) is 7.17. The van der Waals surface area contributed by atoms with Crippen LogP contribution < -0.4 is 0 Å². The lowest BCUT2D eigenvalue weighted by Gasteiger charge is -2.13. The second-order valence-electron chi connectivity index (χ2n) is 11.4. The molecule has 6 heteroatoms. The van der Waals surface area contributed by atoms with Gasteiger partial charge in [0.25, 0.3) is 0 Å². The third-order valence-electron chi connectivity index (χ3n) is 7.92. The molecule has 6 nitrogen and oxygen atoms in total. The summed E-state index contributed by atoms with van der Waals surface area (Å²) in [4.78, 5) is 0. The summed E-state index contributed by atoms with van der Waals surface area (Å²) in [6.45, 7) is 6.47. The molecule has 238 valence electrons. The van der Waals surface area contributed by atoms with Crippen molar-refractivity contribution in [3.8, 4) is 0 Å². The van der Waals surface area contributed by atoms with E-state index in [1.54, 1.807) is 0 Å². The Morgan fingerprint density at radius 2 is 0.744 bits per heavy atom. The van der Waals surface area contributed by atoms with E-state index in [-0.39, 0.29) is 13.2 Å². The van der Waals surface area contributed by atoms with Crippen LogP contribution in [0.4, 0.5) is 0 Å². The van der Waals surface area contributed by atoms with Crippen molar-refractivity contribution in [2.75, 3.05) is 39.6 Å². The maximum atomic E-state index is 8.96. The summed E-state index contributed by atoms with van der Waals surface area (Å²) < 4.78 is 5.83. The fourth-order valence-electron chi connectivity index (χ4n) is 5.07. The van der Waals surface area contributed by atoms with Crippen molar-refractivity contribution < 1.29 is 30.3 Å². The minimum absolute atomic E-state index is 0.355. The first-order valence-corrected chi connectivity index (χ1v) is 16.8. The number of hydrogen-bond acceptors (Lipinski definition) is 6. The van der Waals surface area contributed by atoms with Gasteiger partial charge in [-0.25, -0.2) is 0 Å². The molecule has 0 aromatic rings. The Kier molecular flexibility index (Phi) is 37.5. The van der Waals surface area contributed by atoms with Crippen molar-refractivity contribution in [1.29, 1.82) is 0 Å².